The number of halogens is 1. The normalized spacial score (nSPS) is 13.8. The molecule has 4 aromatic rings. The van der Waals surface area contributed by atoms with Crippen molar-refractivity contribution in [3.8, 4) is 22.7 Å². The highest BCUT2D eigenvalue weighted by Gasteiger charge is 2.22. The van der Waals surface area contributed by atoms with E-state index in [-0.39, 0.29) is 5.56 Å². The molecule has 0 aliphatic carbocycles. The fourth-order valence-corrected chi connectivity index (χ4v) is 3.97. The van der Waals surface area contributed by atoms with Gasteiger partial charge in [-0.2, -0.15) is 0 Å². The Labute approximate surface area is 184 Å². The van der Waals surface area contributed by atoms with E-state index < -0.39 is 0 Å². The van der Waals surface area contributed by atoms with Gasteiger partial charge in [0.15, 0.2) is 0 Å². The summed E-state index contributed by atoms with van der Waals surface area (Å²) in [5, 5.41) is 0.695. The maximum atomic E-state index is 12.8. The van der Waals surface area contributed by atoms with E-state index in [2.05, 4.69) is 9.88 Å². The number of aromatic amines is 1. The molecule has 0 amide bonds. The summed E-state index contributed by atoms with van der Waals surface area (Å²) in [6, 6.07) is 18.8. The van der Waals surface area contributed by atoms with Crippen molar-refractivity contribution in [3.63, 3.8) is 0 Å². The number of anilines is 1. The third-order valence-corrected chi connectivity index (χ3v) is 5.75. The number of benzene rings is 2. The number of furan rings is 1. The molecule has 0 saturated heterocycles. The molecule has 3 N–H and O–H groups in total. The fourth-order valence-electron chi connectivity index (χ4n) is 3.85. The number of nitrogens with zero attached hydrogens (tertiary/aromatic N) is 2. The van der Waals surface area contributed by atoms with Crippen LogP contribution in [0, 0.1) is 0 Å². The predicted molar refractivity (Wildman–Crippen MR) is 122 cm³/mol. The molecule has 1 aliphatic rings. The number of nitrogens with two attached hydrogens (primary N) is 1. The number of fused-ring (bicyclic) bond motifs is 1. The van der Waals surface area contributed by atoms with Gasteiger partial charge in [0.2, 0.25) is 0 Å². The first-order chi connectivity index (χ1) is 15.0. The van der Waals surface area contributed by atoms with Crippen molar-refractivity contribution in [2.45, 2.75) is 19.5 Å². The SMILES string of the molecule is Nc1ccc(-c2nc3c(c(=O)[nH]2)CN(Cc2ccc(-c4ccc(Cl)cc4)o2)CC3)cc1. The molecule has 0 fully saturated rings. The van der Waals surface area contributed by atoms with Crippen LogP contribution < -0.4 is 11.3 Å². The van der Waals surface area contributed by atoms with Crippen LogP contribution in [-0.4, -0.2) is 21.4 Å². The zero-order valence-corrected chi connectivity index (χ0v) is 17.5. The molecule has 6 nitrogen and oxygen atoms in total. The Kier molecular flexibility index (Phi) is 5.10. The summed E-state index contributed by atoms with van der Waals surface area (Å²) in [5.41, 5.74) is 9.74. The molecule has 0 atom stereocenters. The number of nitrogens with one attached hydrogen (secondary N) is 1. The van der Waals surface area contributed by atoms with Crippen LogP contribution in [0.25, 0.3) is 22.7 Å². The van der Waals surface area contributed by atoms with Gasteiger partial charge in [0.05, 0.1) is 17.8 Å². The zero-order chi connectivity index (χ0) is 21.4. The second kappa shape index (κ2) is 8.06. The minimum absolute atomic E-state index is 0.0946. The molecule has 0 bridgehead atoms. The van der Waals surface area contributed by atoms with Crippen molar-refractivity contribution < 1.29 is 4.42 Å². The van der Waals surface area contributed by atoms with E-state index in [1.54, 1.807) is 12.1 Å². The molecule has 2 aromatic carbocycles. The lowest BCUT2D eigenvalue weighted by Gasteiger charge is -2.26. The van der Waals surface area contributed by atoms with Crippen LogP contribution in [0.4, 0.5) is 5.69 Å². The van der Waals surface area contributed by atoms with Crippen LogP contribution >= 0.6 is 11.6 Å². The summed E-state index contributed by atoms with van der Waals surface area (Å²) in [6.07, 6.45) is 0.714. The van der Waals surface area contributed by atoms with Gasteiger partial charge < -0.3 is 15.1 Å². The Hall–Kier alpha value is -3.35. The number of H-pyrrole nitrogens is 1. The Morgan fingerprint density at radius 2 is 1.77 bits per heavy atom. The van der Waals surface area contributed by atoms with Gasteiger partial charge in [-0.3, -0.25) is 9.69 Å². The molecule has 31 heavy (non-hydrogen) atoms. The summed E-state index contributed by atoms with van der Waals surface area (Å²) in [5.74, 6) is 2.24. The van der Waals surface area contributed by atoms with Crippen molar-refractivity contribution >= 4 is 17.3 Å². The second-order valence-electron chi connectivity index (χ2n) is 7.70. The Morgan fingerprint density at radius 1 is 1.03 bits per heavy atom. The van der Waals surface area contributed by atoms with Gasteiger partial charge in [-0.1, -0.05) is 11.6 Å². The second-order valence-corrected chi connectivity index (χ2v) is 8.13. The molecule has 0 spiro atoms. The molecular formula is C24H21ClN4O2. The maximum absolute atomic E-state index is 12.8. The molecule has 3 heterocycles. The van der Waals surface area contributed by atoms with Crippen LogP contribution in [-0.2, 0) is 19.5 Å². The Morgan fingerprint density at radius 3 is 2.55 bits per heavy atom. The van der Waals surface area contributed by atoms with Crippen molar-refractivity contribution in [2.24, 2.45) is 0 Å². The van der Waals surface area contributed by atoms with Crippen LogP contribution in [0.1, 0.15) is 17.0 Å². The minimum Gasteiger partial charge on any atom is -0.460 e. The summed E-state index contributed by atoms with van der Waals surface area (Å²) >= 11 is 5.96. The summed E-state index contributed by atoms with van der Waals surface area (Å²) in [7, 11) is 0. The Balaban J connectivity index is 1.32. The molecule has 0 radical (unpaired) electrons. The number of nitrogen functional groups attached to an aromatic ring is 1. The van der Waals surface area contributed by atoms with Crippen molar-refractivity contribution in [1.29, 1.82) is 0 Å². The standard InChI is InChI=1S/C24H21ClN4O2/c25-17-5-1-15(2-6-17)22-10-9-19(31-22)13-29-12-11-21-20(14-29)24(30)28-23(27-21)16-3-7-18(26)8-4-16/h1-10H,11-14,26H2,(H,27,28,30). The maximum Gasteiger partial charge on any atom is 0.255 e. The number of hydrogen-bond donors (Lipinski definition) is 2. The number of aromatic nitrogens is 2. The first-order valence-electron chi connectivity index (χ1n) is 10.1. The monoisotopic (exact) mass is 432 g/mol. The van der Waals surface area contributed by atoms with E-state index in [0.717, 1.165) is 40.4 Å². The van der Waals surface area contributed by atoms with Gasteiger partial charge in [0.25, 0.3) is 5.56 Å². The van der Waals surface area contributed by atoms with E-state index in [1.807, 2.05) is 48.5 Å². The molecule has 5 rings (SSSR count). The molecule has 2 aromatic heterocycles. The first kappa shape index (κ1) is 19.6. The molecule has 1 aliphatic heterocycles. The van der Waals surface area contributed by atoms with Crippen molar-refractivity contribution in [1.82, 2.24) is 14.9 Å². The van der Waals surface area contributed by atoms with Gasteiger partial charge in [-0.15, -0.1) is 0 Å². The quantitative estimate of drug-likeness (QED) is 0.464. The highest BCUT2D eigenvalue weighted by Crippen LogP contribution is 2.26. The fraction of sp³-hybridized carbons (Fsp3) is 0.167. The molecule has 7 heteroatoms. The highest BCUT2D eigenvalue weighted by molar-refractivity contribution is 6.30. The van der Waals surface area contributed by atoms with Crippen LogP contribution in [0.3, 0.4) is 0 Å². The van der Waals surface area contributed by atoms with E-state index in [0.29, 0.717) is 36.0 Å². The molecular weight excluding hydrogens is 412 g/mol. The average Bonchev–Trinajstić information content (AvgIpc) is 3.23. The lowest BCUT2D eigenvalue weighted by atomic mass is 10.1. The van der Waals surface area contributed by atoms with Crippen LogP contribution in [0.2, 0.25) is 5.02 Å². The third-order valence-electron chi connectivity index (χ3n) is 5.50. The van der Waals surface area contributed by atoms with Crippen molar-refractivity contribution in [3.05, 3.63) is 93.1 Å². The smallest absolute Gasteiger partial charge is 0.255 e. The predicted octanol–water partition coefficient (Wildman–Crippen LogP) is 4.49. The van der Waals surface area contributed by atoms with Crippen LogP contribution in [0.15, 0.2) is 69.9 Å². The Bertz CT molecular complexity index is 1280. The molecule has 0 unspecified atom stereocenters. The topological polar surface area (TPSA) is 88.1 Å². The molecule has 0 saturated carbocycles. The first-order valence-corrected chi connectivity index (χ1v) is 10.5. The van der Waals surface area contributed by atoms with Crippen LogP contribution in [0.5, 0.6) is 0 Å². The van der Waals surface area contributed by atoms with E-state index in [9.17, 15) is 4.79 Å². The molecule has 156 valence electrons. The summed E-state index contributed by atoms with van der Waals surface area (Å²) < 4.78 is 6.02. The van der Waals surface area contributed by atoms with Gasteiger partial charge in [-0.25, -0.2) is 4.98 Å². The number of hydrogen-bond acceptors (Lipinski definition) is 5. The van der Waals surface area contributed by atoms with E-state index >= 15 is 0 Å². The lowest BCUT2D eigenvalue weighted by molar-refractivity contribution is 0.223. The largest absolute Gasteiger partial charge is 0.460 e. The minimum atomic E-state index is -0.0946. The highest BCUT2D eigenvalue weighted by atomic mass is 35.5. The van der Waals surface area contributed by atoms with Gasteiger partial charge in [0.1, 0.15) is 17.3 Å². The van der Waals surface area contributed by atoms with Gasteiger partial charge in [0, 0.05) is 41.3 Å². The summed E-state index contributed by atoms with van der Waals surface area (Å²) in [6.45, 7) is 1.98. The third kappa shape index (κ3) is 4.13. The summed E-state index contributed by atoms with van der Waals surface area (Å²) in [4.78, 5) is 22.6. The van der Waals surface area contributed by atoms with Gasteiger partial charge in [-0.05, 0) is 60.7 Å². The van der Waals surface area contributed by atoms with E-state index in [4.69, 9.17) is 26.7 Å². The average molecular weight is 433 g/mol. The van der Waals surface area contributed by atoms with Crippen molar-refractivity contribution in [2.75, 3.05) is 12.3 Å². The lowest BCUT2D eigenvalue weighted by Crippen LogP contribution is -2.35. The zero-order valence-electron chi connectivity index (χ0n) is 16.8. The van der Waals surface area contributed by atoms with E-state index in [1.165, 1.54) is 0 Å². The van der Waals surface area contributed by atoms with Gasteiger partial charge >= 0.3 is 0 Å². The number of rotatable bonds is 4.